The van der Waals surface area contributed by atoms with Crippen molar-refractivity contribution in [3.63, 3.8) is 0 Å². The Kier molecular flexibility index (Phi) is 12.0. The molecule has 1 heterocycles. The Bertz CT molecular complexity index is 1240. The first-order valence-electron chi connectivity index (χ1n) is 13.5. The molecule has 0 radical (unpaired) electrons. The van der Waals surface area contributed by atoms with Gasteiger partial charge in [-0.2, -0.15) is 0 Å². The highest BCUT2D eigenvalue weighted by Crippen LogP contribution is 2.38. The standard InChI is InChI=1S/C33H46O5/c1-23(2)13-10-15-25(5)19-21-35-30-27-17-12-18-28(38-33(7,8)9)29(27)37-32(34)31(30)36-22-20-26(6)16-11-14-24(3)4/h12-14,17-20H,10-11,15-16,21-22H2,1-9H3. The molecule has 1 aromatic heterocycles. The minimum Gasteiger partial charge on any atom is -0.485 e. The maximum absolute atomic E-state index is 13.1. The Hall–Kier alpha value is -3.21. The number of hydrogen-bond donors (Lipinski definition) is 0. The van der Waals surface area contributed by atoms with Crippen LogP contribution >= 0.6 is 0 Å². The highest BCUT2D eigenvalue weighted by atomic mass is 16.5. The van der Waals surface area contributed by atoms with E-state index in [-0.39, 0.29) is 12.4 Å². The van der Waals surface area contributed by atoms with Crippen LogP contribution in [0, 0.1) is 0 Å². The third-order valence-electron chi connectivity index (χ3n) is 5.73. The highest BCUT2D eigenvalue weighted by molar-refractivity contribution is 5.90. The summed E-state index contributed by atoms with van der Waals surface area (Å²) in [6.07, 6.45) is 12.4. The van der Waals surface area contributed by atoms with Crippen LogP contribution in [0.15, 0.2) is 74.0 Å². The molecule has 5 heteroatoms. The van der Waals surface area contributed by atoms with Gasteiger partial charge in [0.15, 0.2) is 17.1 Å². The van der Waals surface area contributed by atoms with Gasteiger partial charge in [-0.15, -0.1) is 0 Å². The van der Waals surface area contributed by atoms with Crippen LogP contribution in [0.3, 0.4) is 0 Å². The minimum atomic E-state index is -0.586. The lowest BCUT2D eigenvalue weighted by Crippen LogP contribution is -2.23. The molecule has 0 saturated heterocycles. The Morgan fingerprint density at radius 1 is 0.789 bits per heavy atom. The number of benzene rings is 1. The highest BCUT2D eigenvalue weighted by Gasteiger charge is 2.22. The van der Waals surface area contributed by atoms with Gasteiger partial charge in [-0.25, -0.2) is 4.79 Å². The predicted octanol–water partition coefficient (Wildman–Crippen LogP) is 9.11. The lowest BCUT2D eigenvalue weighted by molar-refractivity contribution is 0.131. The largest absolute Gasteiger partial charge is 0.485 e. The van der Waals surface area contributed by atoms with Crippen molar-refractivity contribution in [3.8, 4) is 17.2 Å². The molecule has 0 aliphatic carbocycles. The number of allylic oxidation sites excluding steroid dienone is 6. The first-order valence-corrected chi connectivity index (χ1v) is 13.5. The van der Waals surface area contributed by atoms with E-state index in [0.717, 1.165) is 25.7 Å². The summed E-state index contributed by atoms with van der Waals surface area (Å²) in [7, 11) is 0. The fourth-order valence-corrected chi connectivity index (χ4v) is 3.75. The minimum absolute atomic E-state index is 0.0781. The van der Waals surface area contributed by atoms with Gasteiger partial charge in [-0.1, -0.05) is 40.5 Å². The monoisotopic (exact) mass is 522 g/mol. The van der Waals surface area contributed by atoms with Crippen molar-refractivity contribution < 1.29 is 18.6 Å². The van der Waals surface area contributed by atoms with Gasteiger partial charge in [0.05, 0.1) is 5.39 Å². The van der Waals surface area contributed by atoms with Crippen LogP contribution in [-0.2, 0) is 0 Å². The molecule has 0 unspecified atom stereocenters. The zero-order valence-electron chi connectivity index (χ0n) is 24.8. The van der Waals surface area contributed by atoms with Gasteiger partial charge in [-0.3, -0.25) is 0 Å². The van der Waals surface area contributed by atoms with Gasteiger partial charge in [0.1, 0.15) is 18.8 Å². The number of fused-ring (bicyclic) bond motifs is 1. The van der Waals surface area contributed by atoms with E-state index in [0.29, 0.717) is 29.1 Å². The molecule has 208 valence electrons. The maximum Gasteiger partial charge on any atom is 0.383 e. The van der Waals surface area contributed by atoms with Crippen LogP contribution in [0.4, 0.5) is 0 Å². The third kappa shape index (κ3) is 10.6. The summed E-state index contributed by atoms with van der Waals surface area (Å²) < 4.78 is 24.0. The molecule has 5 nitrogen and oxygen atoms in total. The normalized spacial score (nSPS) is 12.3. The van der Waals surface area contributed by atoms with E-state index in [1.165, 1.54) is 22.3 Å². The van der Waals surface area contributed by atoms with E-state index >= 15 is 0 Å². The molecule has 0 saturated carbocycles. The second-order valence-electron chi connectivity index (χ2n) is 11.3. The zero-order chi connectivity index (χ0) is 28.3. The number of para-hydroxylation sites is 1. The van der Waals surface area contributed by atoms with Crippen LogP contribution in [0.1, 0.15) is 88.0 Å². The van der Waals surface area contributed by atoms with Crippen LogP contribution in [-0.4, -0.2) is 18.8 Å². The number of hydrogen-bond acceptors (Lipinski definition) is 5. The Morgan fingerprint density at radius 3 is 1.82 bits per heavy atom. The molecule has 0 aliphatic rings. The first-order chi connectivity index (χ1) is 17.9. The maximum atomic E-state index is 13.1. The summed E-state index contributed by atoms with van der Waals surface area (Å²) in [5, 5.41) is 0.640. The summed E-state index contributed by atoms with van der Waals surface area (Å²) in [5.74, 6) is 0.945. The second-order valence-corrected chi connectivity index (χ2v) is 11.3. The van der Waals surface area contributed by atoms with E-state index in [1.54, 1.807) is 6.07 Å². The molecule has 2 aromatic rings. The van der Waals surface area contributed by atoms with Gasteiger partial charge < -0.3 is 18.6 Å². The molecule has 0 spiro atoms. The molecule has 0 N–H and O–H groups in total. The predicted molar refractivity (Wildman–Crippen MR) is 159 cm³/mol. The fraction of sp³-hybridized carbons (Fsp3) is 0.485. The Labute approximate surface area is 228 Å². The van der Waals surface area contributed by atoms with E-state index in [4.69, 9.17) is 18.6 Å². The molecule has 0 bridgehead atoms. The summed E-state index contributed by atoms with van der Waals surface area (Å²) in [4.78, 5) is 13.1. The molecular weight excluding hydrogens is 476 g/mol. The van der Waals surface area contributed by atoms with Crippen molar-refractivity contribution in [3.05, 3.63) is 75.2 Å². The van der Waals surface area contributed by atoms with Crippen molar-refractivity contribution in [1.82, 2.24) is 0 Å². The van der Waals surface area contributed by atoms with E-state index in [2.05, 4.69) is 53.7 Å². The smallest absolute Gasteiger partial charge is 0.383 e. The molecule has 0 atom stereocenters. The second kappa shape index (κ2) is 14.7. The van der Waals surface area contributed by atoms with Crippen molar-refractivity contribution in [2.75, 3.05) is 13.2 Å². The quantitative estimate of drug-likeness (QED) is 0.194. The summed E-state index contributed by atoms with van der Waals surface area (Å²) in [6.45, 7) is 19.0. The molecule has 2 rings (SSSR count). The summed E-state index contributed by atoms with van der Waals surface area (Å²) in [6, 6.07) is 5.53. The molecule has 1 aromatic carbocycles. The van der Waals surface area contributed by atoms with E-state index in [1.807, 2.05) is 45.1 Å². The molecule has 38 heavy (non-hydrogen) atoms. The van der Waals surface area contributed by atoms with Crippen LogP contribution in [0.2, 0.25) is 0 Å². The Balaban J connectivity index is 2.37. The molecule has 0 fully saturated rings. The van der Waals surface area contributed by atoms with Crippen LogP contribution in [0.25, 0.3) is 11.0 Å². The zero-order valence-corrected chi connectivity index (χ0v) is 24.8. The van der Waals surface area contributed by atoms with Crippen molar-refractivity contribution in [2.45, 2.75) is 93.6 Å². The SMILES string of the molecule is CC(C)=CCCC(C)=CCOc1c(OCC=C(C)CCC=C(C)C)c2cccc(OC(C)(C)C)c2oc1=O. The lowest BCUT2D eigenvalue weighted by Gasteiger charge is -2.22. The van der Waals surface area contributed by atoms with Crippen molar-refractivity contribution in [1.29, 1.82) is 0 Å². The third-order valence-corrected chi connectivity index (χ3v) is 5.73. The van der Waals surface area contributed by atoms with Crippen molar-refractivity contribution >= 4 is 11.0 Å². The summed E-state index contributed by atoms with van der Waals surface area (Å²) >= 11 is 0. The molecular formula is C33H46O5. The Morgan fingerprint density at radius 2 is 1.32 bits per heavy atom. The van der Waals surface area contributed by atoms with E-state index < -0.39 is 11.2 Å². The van der Waals surface area contributed by atoms with Crippen molar-refractivity contribution in [2.24, 2.45) is 0 Å². The summed E-state index contributed by atoms with van der Waals surface area (Å²) in [5.41, 5.74) is 4.36. The van der Waals surface area contributed by atoms with Gasteiger partial charge in [-0.05, 0) is 112 Å². The van der Waals surface area contributed by atoms with Gasteiger partial charge in [0, 0.05) is 0 Å². The average Bonchev–Trinajstić information content (AvgIpc) is 2.79. The number of ether oxygens (including phenoxy) is 3. The van der Waals surface area contributed by atoms with Gasteiger partial charge in [0.2, 0.25) is 5.75 Å². The lowest BCUT2D eigenvalue weighted by atomic mass is 10.1. The molecule has 0 amide bonds. The van der Waals surface area contributed by atoms with Crippen LogP contribution in [0.5, 0.6) is 17.2 Å². The van der Waals surface area contributed by atoms with Gasteiger partial charge >= 0.3 is 5.63 Å². The van der Waals surface area contributed by atoms with Crippen LogP contribution < -0.4 is 19.8 Å². The molecule has 0 aliphatic heterocycles. The van der Waals surface area contributed by atoms with Gasteiger partial charge in [0.25, 0.3) is 0 Å². The average molecular weight is 523 g/mol. The van der Waals surface area contributed by atoms with E-state index in [9.17, 15) is 4.79 Å². The first kappa shape index (κ1) is 31.0. The fourth-order valence-electron chi connectivity index (χ4n) is 3.75. The topological polar surface area (TPSA) is 57.9 Å². The number of rotatable bonds is 13.